The van der Waals surface area contributed by atoms with Gasteiger partial charge in [0.25, 0.3) is 0 Å². The molecule has 1 heterocycles. The Hall–Kier alpha value is -2.55. The smallest absolute Gasteiger partial charge is 0.193 e. The van der Waals surface area contributed by atoms with Gasteiger partial charge in [0.1, 0.15) is 17.1 Å². The van der Waals surface area contributed by atoms with Gasteiger partial charge in [-0.3, -0.25) is 4.79 Å². The van der Waals surface area contributed by atoms with E-state index in [1.807, 2.05) is 24.3 Å². The van der Waals surface area contributed by atoms with Gasteiger partial charge < -0.3 is 9.52 Å². The summed E-state index contributed by atoms with van der Waals surface area (Å²) in [4.78, 5) is 12.1. The van der Waals surface area contributed by atoms with Crippen LogP contribution in [0.25, 0.3) is 22.3 Å². The lowest BCUT2D eigenvalue weighted by Crippen LogP contribution is -2.00. The Balaban J connectivity index is 2.18. The van der Waals surface area contributed by atoms with Gasteiger partial charge in [-0.25, -0.2) is 0 Å². The summed E-state index contributed by atoms with van der Waals surface area (Å²) in [5.74, 6) is 0.592. The molecular formula is C17H14O3. The number of phenolic OH excluding ortho intramolecular Hbond substituents is 1. The second-order valence-electron chi connectivity index (χ2n) is 4.71. The van der Waals surface area contributed by atoms with Crippen LogP contribution in [-0.4, -0.2) is 5.11 Å². The number of fused-ring (bicyclic) bond motifs is 1. The zero-order valence-corrected chi connectivity index (χ0v) is 11.1. The molecule has 0 saturated heterocycles. The van der Waals surface area contributed by atoms with Crippen molar-refractivity contribution in [1.82, 2.24) is 0 Å². The molecule has 1 N–H and O–H groups in total. The highest BCUT2D eigenvalue weighted by Gasteiger charge is 2.07. The van der Waals surface area contributed by atoms with E-state index in [-0.39, 0.29) is 11.2 Å². The van der Waals surface area contributed by atoms with Gasteiger partial charge in [0.15, 0.2) is 5.43 Å². The van der Waals surface area contributed by atoms with Gasteiger partial charge in [-0.15, -0.1) is 0 Å². The first-order valence-electron chi connectivity index (χ1n) is 6.53. The number of hydrogen-bond donors (Lipinski definition) is 1. The summed E-state index contributed by atoms with van der Waals surface area (Å²) in [7, 11) is 0. The number of hydrogen-bond acceptors (Lipinski definition) is 3. The Labute approximate surface area is 116 Å². The number of rotatable bonds is 2. The lowest BCUT2D eigenvalue weighted by Gasteiger charge is -2.04. The molecule has 0 spiro atoms. The fourth-order valence-corrected chi connectivity index (χ4v) is 2.19. The highest BCUT2D eigenvalue weighted by Crippen LogP contribution is 2.24. The molecule has 0 aliphatic carbocycles. The number of phenols is 1. The highest BCUT2D eigenvalue weighted by atomic mass is 16.3. The summed E-state index contributed by atoms with van der Waals surface area (Å²) in [6.45, 7) is 2.09. The maximum absolute atomic E-state index is 12.1. The Bertz CT molecular complexity index is 814. The lowest BCUT2D eigenvalue weighted by atomic mass is 10.1. The van der Waals surface area contributed by atoms with Crippen LogP contribution in [0.1, 0.15) is 12.5 Å². The van der Waals surface area contributed by atoms with Gasteiger partial charge in [0.2, 0.25) is 0 Å². The summed E-state index contributed by atoms with van der Waals surface area (Å²) in [5, 5.41) is 9.96. The molecule has 2 aromatic carbocycles. The average molecular weight is 266 g/mol. The van der Waals surface area contributed by atoms with Crippen LogP contribution in [0.5, 0.6) is 5.75 Å². The zero-order valence-electron chi connectivity index (χ0n) is 11.1. The Morgan fingerprint density at radius 3 is 2.50 bits per heavy atom. The Morgan fingerprint density at radius 1 is 1.05 bits per heavy atom. The van der Waals surface area contributed by atoms with Crippen LogP contribution in [0.4, 0.5) is 0 Å². The first kappa shape index (κ1) is 12.5. The van der Waals surface area contributed by atoms with E-state index in [0.717, 1.165) is 12.0 Å². The molecule has 3 rings (SSSR count). The van der Waals surface area contributed by atoms with Crippen molar-refractivity contribution < 1.29 is 9.52 Å². The van der Waals surface area contributed by atoms with E-state index in [9.17, 15) is 9.90 Å². The first-order chi connectivity index (χ1) is 9.67. The zero-order chi connectivity index (χ0) is 14.1. The van der Waals surface area contributed by atoms with Gasteiger partial charge in [-0.05, 0) is 24.1 Å². The molecule has 0 fully saturated rings. The molecule has 1 aromatic heterocycles. The quantitative estimate of drug-likeness (QED) is 0.769. The van der Waals surface area contributed by atoms with Crippen LogP contribution in [0.15, 0.2) is 57.7 Å². The Morgan fingerprint density at radius 2 is 1.80 bits per heavy atom. The van der Waals surface area contributed by atoms with E-state index >= 15 is 0 Å². The molecule has 0 bridgehead atoms. The van der Waals surface area contributed by atoms with Crippen LogP contribution in [-0.2, 0) is 6.42 Å². The maximum Gasteiger partial charge on any atom is 0.193 e. The third-order valence-electron chi connectivity index (χ3n) is 3.36. The Kier molecular flexibility index (Phi) is 3.03. The summed E-state index contributed by atoms with van der Waals surface area (Å²) in [6.07, 6.45) is 0.968. The molecule has 3 nitrogen and oxygen atoms in total. The van der Waals surface area contributed by atoms with Crippen molar-refractivity contribution >= 4 is 11.0 Å². The maximum atomic E-state index is 12.1. The van der Waals surface area contributed by atoms with Gasteiger partial charge in [-0.2, -0.15) is 0 Å². The molecule has 3 aromatic rings. The molecule has 0 aliphatic rings. The van der Waals surface area contributed by atoms with Gasteiger partial charge in [0, 0.05) is 17.7 Å². The van der Waals surface area contributed by atoms with Gasteiger partial charge >= 0.3 is 0 Å². The lowest BCUT2D eigenvalue weighted by molar-refractivity contribution is 0.474. The minimum atomic E-state index is -0.110. The normalized spacial score (nSPS) is 10.8. The molecule has 0 unspecified atom stereocenters. The summed E-state index contributed by atoms with van der Waals surface area (Å²) in [5.41, 5.74) is 2.37. The van der Waals surface area contributed by atoms with E-state index in [0.29, 0.717) is 16.7 Å². The molecule has 0 aliphatic heterocycles. The molecular weight excluding hydrogens is 252 g/mol. The molecule has 100 valence electrons. The molecule has 20 heavy (non-hydrogen) atoms. The van der Waals surface area contributed by atoms with E-state index in [1.165, 1.54) is 23.8 Å². The predicted molar refractivity (Wildman–Crippen MR) is 79.0 cm³/mol. The highest BCUT2D eigenvalue weighted by molar-refractivity contribution is 5.79. The van der Waals surface area contributed by atoms with Gasteiger partial charge in [-0.1, -0.05) is 31.2 Å². The van der Waals surface area contributed by atoms with E-state index < -0.39 is 0 Å². The van der Waals surface area contributed by atoms with E-state index in [4.69, 9.17) is 4.42 Å². The van der Waals surface area contributed by atoms with Gasteiger partial charge in [0.05, 0.1) is 5.39 Å². The van der Waals surface area contributed by atoms with Crippen LogP contribution >= 0.6 is 0 Å². The minimum Gasteiger partial charge on any atom is -0.508 e. The second kappa shape index (κ2) is 4.85. The molecule has 0 radical (unpaired) electrons. The van der Waals surface area contributed by atoms with E-state index in [1.54, 1.807) is 6.07 Å². The SMILES string of the molecule is CCc1ccc(-c2cc(=O)c3ccc(O)cc3o2)cc1. The second-order valence-corrected chi connectivity index (χ2v) is 4.71. The van der Waals surface area contributed by atoms with Crippen LogP contribution in [0.2, 0.25) is 0 Å². The first-order valence-corrected chi connectivity index (χ1v) is 6.53. The minimum absolute atomic E-state index is 0.0825. The molecule has 0 amide bonds. The molecule has 0 atom stereocenters. The van der Waals surface area contributed by atoms with Crippen LogP contribution in [0, 0.1) is 0 Å². The van der Waals surface area contributed by atoms with Crippen molar-refractivity contribution in [2.75, 3.05) is 0 Å². The fourth-order valence-electron chi connectivity index (χ4n) is 2.19. The third kappa shape index (κ3) is 2.18. The number of benzene rings is 2. The predicted octanol–water partition coefficient (Wildman–Crippen LogP) is 3.73. The molecule has 0 saturated carbocycles. The van der Waals surface area contributed by atoms with E-state index in [2.05, 4.69) is 6.92 Å². The number of aromatic hydroxyl groups is 1. The van der Waals surface area contributed by atoms with Crippen molar-refractivity contribution in [3.05, 3.63) is 64.3 Å². The summed E-state index contributed by atoms with van der Waals surface area (Å²) in [6, 6.07) is 13.9. The van der Waals surface area contributed by atoms with Crippen molar-refractivity contribution in [3.63, 3.8) is 0 Å². The number of aryl methyl sites for hydroxylation is 1. The van der Waals surface area contributed by atoms with Crippen molar-refractivity contribution in [3.8, 4) is 17.1 Å². The summed E-state index contributed by atoms with van der Waals surface area (Å²) < 4.78 is 5.72. The van der Waals surface area contributed by atoms with Crippen LogP contribution < -0.4 is 5.43 Å². The topological polar surface area (TPSA) is 50.4 Å². The monoisotopic (exact) mass is 266 g/mol. The fraction of sp³-hybridized carbons (Fsp3) is 0.118. The third-order valence-corrected chi connectivity index (χ3v) is 3.36. The molecule has 3 heteroatoms. The average Bonchev–Trinajstić information content (AvgIpc) is 2.46. The van der Waals surface area contributed by atoms with Crippen molar-refractivity contribution in [1.29, 1.82) is 0 Å². The largest absolute Gasteiger partial charge is 0.508 e. The van der Waals surface area contributed by atoms with Crippen LogP contribution in [0.3, 0.4) is 0 Å². The van der Waals surface area contributed by atoms with Crippen molar-refractivity contribution in [2.45, 2.75) is 13.3 Å². The summed E-state index contributed by atoms with van der Waals surface area (Å²) >= 11 is 0. The van der Waals surface area contributed by atoms with Crippen molar-refractivity contribution in [2.24, 2.45) is 0 Å². The standard InChI is InChI=1S/C17H14O3/c1-2-11-3-5-12(6-4-11)16-10-15(19)14-8-7-13(18)9-17(14)20-16/h3-10,18H,2H2,1H3.